The number of benzene rings is 2. The Morgan fingerprint density at radius 3 is 2.50 bits per heavy atom. The van der Waals surface area contributed by atoms with E-state index in [-0.39, 0.29) is 31.4 Å². The highest BCUT2D eigenvalue weighted by molar-refractivity contribution is 5.77. The molecular formula is C17H17F2NO4. The number of halogens is 2. The molecule has 128 valence electrons. The van der Waals surface area contributed by atoms with Crippen LogP contribution in [-0.2, 0) is 4.79 Å². The quantitative estimate of drug-likeness (QED) is 0.752. The van der Waals surface area contributed by atoms with Crippen molar-refractivity contribution >= 4 is 5.91 Å². The standard InChI is InChI=1S/C17H17F2NO4/c1-22-15-4-2-3-5-16(15)24-11-17(21)20-8-9-23-12-6-7-13(18)14(19)10-12/h2-7,10H,8-9,11H2,1H3,(H,20,21). The summed E-state index contributed by atoms with van der Waals surface area (Å²) in [4.78, 5) is 11.7. The summed E-state index contributed by atoms with van der Waals surface area (Å²) in [6.07, 6.45) is 0. The number of nitrogens with one attached hydrogen (secondary N) is 1. The van der Waals surface area contributed by atoms with E-state index in [0.29, 0.717) is 11.5 Å². The fourth-order valence-electron chi connectivity index (χ4n) is 1.86. The molecule has 0 spiro atoms. The van der Waals surface area contributed by atoms with E-state index in [1.54, 1.807) is 24.3 Å². The number of amides is 1. The largest absolute Gasteiger partial charge is 0.493 e. The summed E-state index contributed by atoms with van der Waals surface area (Å²) < 4.78 is 41.4. The van der Waals surface area contributed by atoms with Gasteiger partial charge in [0.1, 0.15) is 12.4 Å². The number of carbonyl (C=O) groups excluding carboxylic acids is 1. The number of methoxy groups -OCH3 is 1. The van der Waals surface area contributed by atoms with Gasteiger partial charge in [-0.2, -0.15) is 0 Å². The van der Waals surface area contributed by atoms with Crippen LogP contribution in [0, 0.1) is 11.6 Å². The van der Waals surface area contributed by atoms with Crippen LogP contribution in [0.5, 0.6) is 17.2 Å². The van der Waals surface area contributed by atoms with Crippen molar-refractivity contribution in [3.05, 3.63) is 54.1 Å². The second-order valence-corrected chi connectivity index (χ2v) is 4.71. The number of para-hydroxylation sites is 2. The van der Waals surface area contributed by atoms with Crippen molar-refractivity contribution in [2.24, 2.45) is 0 Å². The van der Waals surface area contributed by atoms with E-state index >= 15 is 0 Å². The van der Waals surface area contributed by atoms with Crippen molar-refractivity contribution in [2.45, 2.75) is 0 Å². The predicted molar refractivity (Wildman–Crippen MR) is 83.4 cm³/mol. The highest BCUT2D eigenvalue weighted by atomic mass is 19.2. The molecule has 0 bridgehead atoms. The third-order valence-corrected chi connectivity index (χ3v) is 3.01. The topological polar surface area (TPSA) is 56.8 Å². The minimum atomic E-state index is -0.984. The van der Waals surface area contributed by atoms with Crippen molar-refractivity contribution in [3.63, 3.8) is 0 Å². The van der Waals surface area contributed by atoms with Gasteiger partial charge in [-0.1, -0.05) is 12.1 Å². The highest BCUT2D eigenvalue weighted by Gasteiger charge is 2.07. The molecule has 0 aliphatic rings. The molecular weight excluding hydrogens is 320 g/mol. The van der Waals surface area contributed by atoms with Gasteiger partial charge >= 0.3 is 0 Å². The van der Waals surface area contributed by atoms with E-state index in [4.69, 9.17) is 14.2 Å². The highest BCUT2D eigenvalue weighted by Crippen LogP contribution is 2.25. The van der Waals surface area contributed by atoms with Gasteiger partial charge in [0.2, 0.25) is 0 Å². The van der Waals surface area contributed by atoms with E-state index in [1.807, 2.05) is 0 Å². The molecule has 2 aromatic rings. The maximum atomic E-state index is 13.0. The molecule has 0 unspecified atom stereocenters. The van der Waals surface area contributed by atoms with Gasteiger partial charge in [0.15, 0.2) is 29.7 Å². The summed E-state index contributed by atoms with van der Waals surface area (Å²) in [6, 6.07) is 10.2. The second kappa shape index (κ2) is 8.71. The molecule has 2 rings (SSSR count). The predicted octanol–water partition coefficient (Wildman–Crippen LogP) is 2.55. The molecule has 0 saturated heterocycles. The van der Waals surface area contributed by atoms with Crippen molar-refractivity contribution in [3.8, 4) is 17.2 Å². The smallest absolute Gasteiger partial charge is 0.258 e. The maximum absolute atomic E-state index is 13.0. The fraction of sp³-hybridized carbons (Fsp3) is 0.235. The summed E-state index contributed by atoms with van der Waals surface area (Å²) >= 11 is 0. The first-order chi connectivity index (χ1) is 11.6. The van der Waals surface area contributed by atoms with Crippen molar-refractivity contribution < 1.29 is 27.8 Å². The molecule has 5 nitrogen and oxygen atoms in total. The van der Waals surface area contributed by atoms with E-state index in [9.17, 15) is 13.6 Å². The molecule has 0 heterocycles. The van der Waals surface area contributed by atoms with Crippen LogP contribution in [0.4, 0.5) is 8.78 Å². The molecule has 2 aromatic carbocycles. The first-order valence-corrected chi connectivity index (χ1v) is 7.20. The lowest BCUT2D eigenvalue weighted by atomic mass is 10.3. The van der Waals surface area contributed by atoms with E-state index in [1.165, 1.54) is 13.2 Å². The van der Waals surface area contributed by atoms with E-state index in [0.717, 1.165) is 12.1 Å². The molecule has 0 aromatic heterocycles. The first-order valence-electron chi connectivity index (χ1n) is 7.20. The van der Waals surface area contributed by atoms with Crippen LogP contribution in [0.25, 0.3) is 0 Å². The molecule has 0 radical (unpaired) electrons. The van der Waals surface area contributed by atoms with Gasteiger partial charge in [-0.15, -0.1) is 0 Å². The number of hydrogen-bond acceptors (Lipinski definition) is 4. The number of carbonyl (C=O) groups is 1. The maximum Gasteiger partial charge on any atom is 0.258 e. The summed E-state index contributed by atoms with van der Waals surface area (Å²) in [5.74, 6) is -1.07. The molecule has 0 fully saturated rings. The average Bonchev–Trinajstić information content (AvgIpc) is 2.60. The van der Waals surface area contributed by atoms with Crippen LogP contribution in [0.1, 0.15) is 0 Å². The molecule has 0 atom stereocenters. The zero-order valence-corrected chi connectivity index (χ0v) is 13.1. The Labute approximate surface area is 138 Å². The molecule has 0 saturated carbocycles. The lowest BCUT2D eigenvalue weighted by molar-refractivity contribution is -0.123. The third kappa shape index (κ3) is 5.12. The van der Waals surface area contributed by atoms with Crippen LogP contribution in [-0.4, -0.2) is 32.8 Å². The second-order valence-electron chi connectivity index (χ2n) is 4.71. The van der Waals surface area contributed by atoms with Crippen molar-refractivity contribution in [2.75, 3.05) is 26.9 Å². The van der Waals surface area contributed by atoms with Crippen LogP contribution >= 0.6 is 0 Å². The zero-order valence-electron chi connectivity index (χ0n) is 13.1. The fourth-order valence-corrected chi connectivity index (χ4v) is 1.86. The summed E-state index contributed by atoms with van der Waals surface area (Å²) in [7, 11) is 1.51. The number of rotatable bonds is 8. The Bertz CT molecular complexity index is 694. The van der Waals surface area contributed by atoms with E-state index in [2.05, 4.69) is 5.32 Å². The van der Waals surface area contributed by atoms with Gasteiger partial charge in [-0.05, 0) is 24.3 Å². The number of ether oxygens (including phenoxy) is 3. The zero-order chi connectivity index (χ0) is 17.4. The SMILES string of the molecule is COc1ccccc1OCC(=O)NCCOc1ccc(F)c(F)c1. The first kappa shape index (κ1) is 17.5. The van der Waals surface area contributed by atoms with Crippen molar-refractivity contribution in [1.29, 1.82) is 0 Å². The Hall–Kier alpha value is -2.83. The monoisotopic (exact) mass is 337 g/mol. The van der Waals surface area contributed by atoms with Gasteiger partial charge in [-0.25, -0.2) is 8.78 Å². The minimum absolute atomic E-state index is 0.117. The van der Waals surface area contributed by atoms with Crippen LogP contribution in [0.15, 0.2) is 42.5 Å². The summed E-state index contributed by atoms with van der Waals surface area (Å²) in [5, 5.41) is 2.59. The average molecular weight is 337 g/mol. The lowest BCUT2D eigenvalue weighted by Gasteiger charge is -2.11. The third-order valence-electron chi connectivity index (χ3n) is 3.01. The molecule has 7 heteroatoms. The Morgan fingerprint density at radius 2 is 1.79 bits per heavy atom. The molecule has 1 N–H and O–H groups in total. The summed E-state index contributed by atoms with van der Waals surface area (Å²) in [5.41, 5.74) is 0. The van der Waals surface area contributed by atoms with E-state index < -0.39 is 11.6 Å². The van der Waals surface area contributed by atoms with Crippen LogP contribution in [0.2, 0.25) is 0 Å². The summed E-state index contributed by atoms with van der Waals surface area (Å²) in [6.45, 7) is 0.143. The Morgan fingerprint density at radius 1 is 1.04 bits per heavy atom. The van der Waals surface area contributed by atoms with Gasteiger partial charge in [0, 0.05) is 6.07 Å². The van der Waals surface area contributed by atoms with Gasteiger partial charge in [0.05, 0.1) is 13.7 Å². The number of hydrogen-bond donors (Lipinski definition) is 1. The van der Waals surface area contributed by atoms with Crippen LogP contribution in [0.3, 0.4) is 0 Å². The Balaban J connectivity index is 1.69. The Kier molecular flexibility index (Phi) is 6.36. The molecule has 24 heavy (non-hydrogen) atoms. The molecule has 1 amide bonds. The van der Waals surface area contributed by atoms with Crippen molar-refractivity contribution in [1.82, 2.24) is 5.32 Å². The van der Waals surface area contributed by atoms with Crippen LogP contribution < -0.4 is 19.5 Å². The van der Waals surface area contributed by atoms with Gasteiger partial charge < -0.3 is 19.5 Å². The minimum Gasteiger partial charge on any atom is -0.493 e. The van der Waals surface area contributed by atoms with Gasteiger partial charge in [0.25, 0.3) is 5.91 Å². The molecule has 0 aliphatic carbocycles. The lowest BCUT2D eigenvalue weighted by Crippen LogP contribution is -2.32. The normalized spacial score (nSPS) is 10.1. The van der Waals surface area contributed by atoms with Gasteiger partial charge in [-0.3, -0.25) is 4.79 Å². The molecule has 0 aliphatic heterocycles.